The molecule has 1 fully saturated rings. The fourth-order valence-corrected chi connectivity index (χ4v) is 3.69. The van der Waals surface area contributed by atoms with Gasteiger partial charge in [-0.2, -0.15) is 0 Å². The van der Waals surface area contributed by atoms with Crippen molar-refractivity contribution in [2.45, 2.75) is 13.5 Å². The standard InChI is InChI=1S/C18H24N6S/c1-3-14-5-9-24(16(14)4-6-20-2)12-17-22-15(13-25-17)18(19)23-10-7-21-8-11-23/h3-6,9,13,19,21H,7-8,10-12H2,1-2H3/b14-3-,16-4+,19-18?,20-6?. The highest BCUT2D eigenvalue weighted by molar-refractivity contribution is 7.09. The van der Waals surface area contributed by atoms with Crippen molar-refractivity contribution in [2.24, 2.45) is 4.99 Å². The Bertz CT molecular complexity index is 870. The van der Waals surface area contributed by atoms with Crippen LogP contribution < -0.4 is 15.9 Å². The second-order valence-corrected chi connectivity index (χ2v) is 6.80. The van der Waals surface area contributed by atoms with Crippen LogP contribution in [0.4, 0.5) is 0 Å². The second kappa shape index (κ2) is 8.22. The first-order chi connectivity index (χ1) is 12.2. The van der Waals surface area contributed by atoms with Gasteiger partial charge in [0.05, 0.1) is 6.54 Å². The fourth-order valence-electron chi connectivity index (χ4n) is 2.91. The van der Waals surface area contributed by atoms with E-state index in [0.29, 0.717) is 12.4 Å². The predicted molar refractivity (Wildman–Crippen MR) is 105 cm³/mol. The number of rotatable bonds is 4. The molecule has 1 aliphatic rings. The Morgan fingerprint density at radius 3 is 2.96 bits per heavy atom. The molecule has 1 aliphatic heterocycles. The van der Waals surface area contributed by atoms with Gasteiger partial charge in [0, 0.05) is 56.4 Å². The Morgan fingerprint density at radius 1 is 1.44 bits per heavy atom. The van der Waals surface area contributed by atoms with E-state index in [-0.39, 0.29) is 0 Å². The highest BCUT2D eigenvalue weighted by Crippen LogP contribution is 2.13. The molecule has 1 saturated heterocycles. The quantitative estimate of drug-likeness (QED) is 0.619. The van der Waals surface area contributed by atoms with Gasteiger partial charge in [0.25, 0.3) is 0 Å². The van der Waals surface area contributed by atoms with Crippen LogP contribution >= 0.6 is 11.3 Å². The molecule has 2 aromatic heterocycles. The molecule has 0 atom stereocenters. The zero-order valence-corrected chi connectivity index (χ0v) is 15.5. The van der Waals surface area contributed by atoms with Crippen LogP contribution in [0.15, 0.2) is 22.6 Å². The van der Waals surface area contributed by atoms with Gasteiger partial charge in [-0.05, 0) is 24.3 Å². The molecule has 7 heteroatoms. The summed E-state index contributed by atoms with van der Waals surface area (Å²) in [6.07, 6.45) is 8.01. The lowest BCUT2D eigenvalue weighted by Gasteiger charge is -2.28. The lowest BCUT2D eigenvalue weighted by molar-refractivity contribution is 0.355. The Labute approximate surface area is 151 Å². The SMILES string of the molecule is C/C=c1/ccn(Cc2nc(C(=N)N3CCNCC3)cs2)/c1=C/C=NC. The van der Waals surface area contributed by atoms with Crippen molar-refractivity contribution in [1.82, 2.24) is 19.8 Å². The monoisotopic (exact) mass is 356 g/mol. The molecular weight excluding hydrogens is 332 g/mol. The minimum absolute atomic E-state index is 0.531. The molecule has 0 aliphatic carbocycles. The second-order valence-electron chi connectivity index (χ2n) is 5.86. The molecule has 2 N–H and O–H groups in total. The molecule has 0 spiro atoms. The number of nitrogens with one attached hydrogen (secondary N) is 2. The van der Waals surface area contributed by atoms with Gasteiger partial charge in [-0.25, -0.2) is 4.98 Å². The Hall–Kier alpha value is -2.25. The van der Waals surface area contributed by atoms with E-state index in [2.05, 4.69) is 38.1 Å². The molecule has 0 saturated carbocycles. The van der Waals surface area contributed by atoms with E-state index in [1.54, 1.807) is 18.4 Å². The molecule has 25 heavy (non-hydrogen) atoms. The lowest BCUT2D eigenvalue weighted by Crippen LogP contribution is -2.46. The summed E-state index contributed by atoms with van der Waals surface area (Å²) < 4.78 is 2.17. The molecule has 0 unspecified atom stereocenters. The number of aromatic nitrogens is 2. The van der Waals surface area contributed by atoms with Crippen molar-refractivity contribution in [3.63, 3.8) is 0 Å². The van der Waals surface area contributed by atoms with Crippen LogP contribution in [-0.4, -0.2) is 59.7 Å². The zero-order chi connectivity index (χ0) is 17.6. The Kier molecular flexibility index (Phi) is 5.78. The molecule has 6 nitrogen and oxygen atoms in total. The summed E-state index contributed by atoms with van der Waals surface area (Å²) >= 11 is 1.61. The predicted octanol–water partition coefficient (Wildman–Crippen LogP) is 0.505. The van der Waals surface area contributed by atoms with Gasteiger partial charge in [0.15, 0.2) is 0 Å². The average molecular weight is 356 g/mol. The van der Waals surface area contributed by atoms with Crippen molar-refractivity contribution < 1.29 is 0 Å². The summed E-state index contributed by atoms with van der Waals surface area (Å²) in [4.78, 5) is 10.8. The van der Waals surface area contributed by atoms with Crippen molar-refractivity contribution >= 4 is 35.5 Å². The maximum atomic E-state index is 8.39. The highest BCUT2D eigenvalue weighted by Gasteiger charge is 2.17. The van der Waals surface area contributed by atoms with E-state index in [9.17, 15) is 0 Å². The van der Waals surface area contributed by atoms with Crippen LogP contribution in [-0.2, 0) is 6.54 Å². The summed E-state index contributed by atoms with van der Waals surface area (Å²) in [6.45, 7) is 6.34. The zero-order valence-electron chi connectivity index (χ0n) is 14.7. The van der Waals surface area contributed by atoms with Crippen LogP contribution in [0.3, 0.4) is 0 Å². The third-order valence-electron chi connectivity index (χ3n) is 4.26. The summed E-state index contributed by atoms with van der Waals surface area (Å²) in [5, 5.41) is 17.0. The van der Waals surface area contributed by atoms with E-state index < -0.39 is 0 Å². The number of thiazole rings is 1. The van der Waals surface area contributed by atoms with Gasteiger partial charge in [-0.3, -0.25) is 10.4 Å². The molecule has 0 aromatic carbocycles. The number of aliphatic imine (C=N–C) groups is 1. The van der Waals surface area contributed by atoms with E-state index in [1.807, 2.05) is 24.6 Å². The number of hydrogen-bond acceptors (Lipinski definition) is 5. The molecule has 0 bridgehead atoms. The minimum atomic E-state index is 0.531. The number of amidine groups is 1. The number of nitrogens with zero attached hydrogens (tertiary/aromatic N) is 4. The molecule has 0 radical (unpaired) electrons. The molecule has 3 rings (SSSR count). The first kappa shape index (κ1) is 17.6. The Morgan fingerprint density at radius 2 is 2.24 bits per heavy atom. The lowest BCUT2D eigenvalue weighted by atomic mass is 10.3. The van der Waals surface area contributed by atoms with Crippen molar-refractivity contribution in [3.05, 3.63) is 38.9 Å². The average Bonchev–Trinajstić information content (AvgIpc) is 3.27. The van der Waals surface area contributed by atoms with Gasteiger partial charge in [-0.1, -0.05) is 6.08 Å². The number of hydrogen-bond donors (Lipinski definition) is 2. The van der Waals surface area contributed by atoms with Gasteiger partial charge in [-0.15, -0.1) is 11.3 Å². The van der Waals surface area contributed by atoms with Gasteiger partial charge in [0.1, 0.15) is 16.5 Å². The third-order valence-corrected chi connectivity index (χ3v) is 5.10. The van der Waals surface area contributed by atoms with Crippen LogP contribution in [0.2, 0.25) is 0 Å². The molecule has 0 amide bonds. The van der Waals surface area contributed by atoms with Crippen LogP contribution in [0, 0.1) is 5.41 Å². The van der Waals surface area contributed by atoms with Crippen LogP contribution in [0.5, 0.6) is 0 Å². The van der Waals surface area contributed by atoms with Crippen LogP contribution in [0.1, 0.15) is 17.6 Å². The van der Waals surface area contributed by atoms with E-state index in [1.165, 1.54) is 5.22 Å². The largest absolute Gasteiger partial charge is 0.353 e. The topological polar surface area (TPSA) is 69.3 Å². The van der Waals surface area contributed by atoms with Gasteiger partial charge in [0.2, 0.25) is 0 Å². The summed E-state index contributed by atoms with van der Waals surface area (Å²) in [5.41, 5.74) is 0.775. The van der Waals surface area contributed by atoms with Crippen LogP contribution in [0.25, 0.3) is 12.2 Å². The van der Waals surface area contributed by atoms with Gasteiger partial charge < -0.3 is 14.8 Å². The minimum Gasteiger partial charge on any atom is -0.353 e. The van der Waals surface area contributed by atoms with E-state index in [4.69, 9.17) is 10.4 Å². The molecule has 132 valence electrons. The van der Waals surface area contributed by atoms with Crippen molar-refractivity contribution in [3.8, 4) is 0 Å². The first-order valence-electron chi connectivity index (χ1n) is 8.46. The molecule has 2 aromatic rings. The smallest absolute Gasteiger partial charge is 0.148 e. The summed E-state index contributed by atoms with van der Waals surface area (Å²) in [5.74, 6) is 0.531. The van der Waals surface area contributed by atoms with Crippen molar-refractivity contribution in [1.29, 1.82) is 5.41 Å². The maximum absolute atomic E-state index is 8.39. The number of piperazine rings is 1. The maximum Gasteiger partial charge on any atom is 0.148 e. The fraction of sp³-hybridized carbons (Fsp3) is 0.389. The normalized spacial score (nSPS) is 17.0. The summed E-state index contributed by atoms with van der Waals surface area (Å²) in [7, 11) is 1.77. The highest BCUT2D eigenvalue weighted by atomic mass is 32.1. The third kappa shape index (κ3) is 4.05. The first-order valence-corrected chi connectivity index (χ1v) is 9.34. The molecular formula is C18H24N6S. The van der Waals surface area contributed by atoms with Gasteiger partial charge >= 0.3 is 0 Å². The summed E-state index contributed by atoms with van der Waals surface area (Å²) in [6, 6.07) is 2.10. The Balaban J connectivity index is 1.80. The van der Waals surface area contributed by atoms with Crippen molar-refractivity contribution in [2.75, 3.05) is 33.2 Å². The van der Waals surface area contributed by atoms with E-state index in [0.717, 1.165) is 42.2 Å². The molecule has 3 heterocycles. The van der Waals surface area contributed by atoms with E-state index >= 15 is 0 Å².